The average Bonchev–Trinajstić information content (AvgIpc) is 2.75. The highest BCUT2D eigenvalue weighted by Gasteiger charge is 2.29. The number of ketones is 2. The van der Waals surface area contributed by atoms with Crippen LogP contribution >= 0.6 is 15.9 Å². The molecule has 0 heterocycles. The monoisotopic (exact) mass is 464 g/mol. The zero-order valence-electron chi connectivity index (χ0n) is 17.4. The quantitative estimate of drug-likeness (QED) is 0.495. The highest BCUT2D eigenvalue weighted by Crippen LogP contribution is 2.39. The number of hydrogen-bond acceptors (Lipinski definition) is 6. The summed E-state index contributed by atoms with van der Waals surface area (Å²) in [5, 5.41) is 0. The van der Waals surface area contributed by atoms with Crippen LogP contribution in [0.25, 0.3) is 0 Å². The maximum atomic E-state index is 13.1. The van der Waals surface area contributed by atoms with Gasteiger partial charge in [0.05, 0.1) is 32.9 Å². The van der Waals surface area contributed by atoms with Gasteiger partial charge in [-0.25, -0.2) is 0 Å². The summed E-state index contributed by atoms with van der Waals surface area (Å²) >= 11 is 3.39. The van der Waals surface area contributed by atoms with Crippen LogP contribution in [0.15, 0.2) is 34.8 Å². The second-order valence-corrected chi connectivity index (χ2v) is 7.42. The van der Waals surface area contributed by atoms with Crippen molar-refractivity contribution in [3.8, 4) is 23.0 Å². The molecule has 7 heteroatoms. The summed E-state index contributed by atoms with van der Waals surface area (Å²) < 4.78 is 21.8. The van der Waals surface area contributed by atoms with Crippen LogP contribution in [0, 0.1) is 11.8 Å². The third kappa shape index (κ3) is 4.72. The Morgan fingerprint density at radius 2 is 1.21 bits per heavy atom. The van der Waals surface area contributed by atoms with Gasteiger partial charge in [-0.05, 0) is 46.3 Å². The van der Waals surface area contributed by atoms with Crippen molar-refractivity contribution in [3.63, 3.8) is 0 Å². The van der Waals surface area contributed by atoms with Gasteiger partial charge in [0.25, 0.3) is 0 Å². The summed E-state index contributed by atoms with van der Waals surface area (Å²) in [6, 6.07) is 8.31. The van der Waals surface area contributed by atoms with Crippen LogP contribution in [0.3, 0.4) is 0 Å². The van der Waals surface area contributed by atoms with Crippen molar-refractivity contribution in [3.05, 3.63) is 45.9 Å². The summed E-state index contributed by atoms with van der Waals surface area (Å²) in [7, 11) is 6.03. The van der Waals surface area contributed by atoms with Crippen LogP contribution < -0.4 is 18.9 Å². The van der Waals surface area contributed by atoms with Gasteiger partial charge in [-0.3, -0.25) is 9.59 Å². The summed E-state index contributed by atoms with van der Waals surface area (Å²) in [5.41, 5.74) is 0.900. The first-order chi connectivity index (χ1) is 13.8. The number of halogens is 1. The van der Waals surface area contributed by atoms with E-state index >= 15 is 0 Å². The Balaban J connectivity index is 2.31. The van der Waals surface area contributed by atoms with Gasteiger partial charge >= 0.3 is 0 Å². The molecule has 0 spiro atoms. The summed E-state index contributed by atoms with van der Waals surface area (Å²) in [6.45, 7) is 3.49. The molecule has 0 N–H and O–H groups in total. The normalized spacial score (nSPS) is 12.7. The number of carbonyl (C=O) groups excluding carboxylic acids is 2. The summed E-state index contributed by atoms with van der Waals surface area (Å²) in [5.74, 6) is 0.440. The molecule has 156 valence electrons. The summed E-state index contributed by atoms with van der Waals surface area (Å²) in [6.07, 6.45) is 0. The molecule has 2 unspecified atom stereocenters. The van der Waals surface area contributed by atoms with E-state index in [9.17, 15) is 9.59 Å². The van der Waals surface area contributed by atoms with Crippen molar-refractivity contribution in [2.24, 2.45) is 11.8 Å². The third-order valence-corrected chi connectivity index (χ3v) is 5.58. The van der Waals surface area contributed by atoms with Crippen LogP contribution in [-0.4, -0.2) is 40.0 Å². The Morgan fingerprint density at radius 1 is 0.724 bits per heavy atom. The van der Waals surface area contributed by atoms with Gasteiger partial charge in [0, 0.05) is 23.0 Å². The Bertz CT molecular complexity index is 883. The Kier molecular flexibility index (Phi) is 7.67. The molecule has 0 amide bonds. The molecule has 2 aromatic rings. The molecule has 2 atom stereocenters. The van der Waals surface area contributed by atoms with E-state index in [1.165, 1.54) is 21.3 Å². The Morgan fingerprint density at radius 3 is 1.62 bits per heavy atom. The van der Waals surface area contributed by atoms with Crippen molar-refractivity contribution in [1.82, 2.24) is 0 Å². The minimum atomic E-state index is -0.550. The molecule has 0 radical (unpaired) electrons. The minimum absolute atomic E-state index is 0.123. The molecule has 0 aromatic heterocycles. The number of hydrogen-bond donors (Lipinski definition) is 0. The number of Topliss-reactive ketones (excluding diaryl/α,β-unsaturated/α-hetero) is 2. The molecule has 0 saturated heterocycles. The lowest BCUT2D eigenvalue weighted by molar-refractivity contribution is 0.0793. The predicted octanol–water partition coefficient (Wildman–Crippen LogP) is 4.82. The molecule has 29 heavy (non-hydrogen) atoms. The van der Waals surface area contributed by atoms with Crippen molar-refractivity contribution in [2.75, 3.05) is 28.4 Å². The maximum absolute atomic E-state index is 13.1. The molecule has 0 aliphatic heterocycles. The fraction of sp³-hybridized carbons (Fsp3) is 0.364. The highest BCUT2D eigenvalue weighted by molar-refractivity contribution is 9.10. The second kappa shape index (κ2) is 9.78. The van der Waals surface area contributed by atoms with Gasteiger partial charge in [0.1, 0.15) is 5.75 Å². The lowest BCUT2D eigenvalue weighted by Gasteiger charge is -2.20. The fourth-order valence-electron chi connectivity index (χ4n) is 3.02. The predicted molar refractivity (Wildman–Crippen MR) is 114 cm³/mol. The van der Waals surface area contributed by atoms with Gasteiger partial charge in [-0.15, -0.1) is 0 Å². The van der Waals surface area contributed by atoms with E-state index < -0.39 is 11.8 Å². The molecule has 2 rings (SSSR count). The maximum Gasteiger partial charge on any atom is 0.203 e. The lowest BCUT2D eigenvalue weighted by atomic mass is 9.83. The van der Waals surface area contributed by atoms with Crippen LogP contribution in [0.2, 0.25) is 0 Å². The smallest absolute Gasteiger partial charge is 0.203 e. The van der Waals surface area contributed by atoms with Crippen LogP contribution in [0.4, 0.5) is 0 Å². The van der Waals surface area contributed by atoms with Gasteiger partial charge in [0.15, 0.2) is 23.1 Å². The molecule has 0 aliphatic rings. The second-order valence-electron chi connectivity index (χ2n) is 6.57. The van der Waals surface area contributed by atoms with Crippen LogP contribution in [-0.2, 0) is 0 Å². The topological polar surface area (TPSA) is 71.1 Å². The van der Waals surface area contributed by atoms with Gasteiger partial charge in [-0.1, -0.05) is 13.8 Å². The Hall–Kier alpha value is -2.54. The number of methoxy groups -OCH3 is 4. The minimum Gasteiger partial charge on any atom is -0.496 e. The van der Waals surface area contributed by atoms with Gasteiger partial charge in [0.2, 0.25) is 5.75 Å². The van der Waals surface area contributed by atoms with Crippen molar-refractivity contribution in [1.29, 1.82) is 0 Å². The zero-order chi connectivity index (χ0) is 21.7. The number of ether oxygens (including phenoxy) is 4. The lowest BCUT2D eigenvalue weighted by Crippen LogP contribution is -2.26. The van der Waals surface area contributed by atoms with Gasteiger partial charge in [-0.2, -0.15) is 0 Å². The molecule has 0 aliphatic carbocycles. The Labute approximate surface area is 179 Å². The van der Waals surface area contributed by atoms with E-state index in [0.717, 1.165) is 0 Å². The summed E-state index contributed by atoms with van der Waals surface area (Å²) in [4.78, 5) is 26.0. The van der Waals surface area contributed by atoms with Crippen molar-refractivity contribution in [2.45, 2.75) is 13.8 Å². The molecule has 2 aromatic carbocycles. The highest BCUT2D eigenvalue weighted by atomic mass is 79.9. The van der Waals surface area contributed by atoms with Crippen molar-refractivity contribution < 1.29 is 28.5 Å². The van der Waals surface area contributed by atoms with E-state index in [1.54, 1.807) is 51.3 Å². The fourth-order valence-corrected chi connectivity index (χ4v) is 3.56. The standard InChI is InChI=1S/C22H25BrO6/c1-12(20(24)14-7-8-17(26-3)16(23)9-14)13(2)21(25)15-10-18(27-4)22(29-6)19(11-15)28-5/h7-13H,1-6H3. The first kappa shape index (κ1) is 22.7. The molecular formula is C22H25BrO6. The number of carbonyl (C=O) groups is 2. The van der Waals surface area contributed by atoms with Crippen LogP contribution in [0.5, 0.6) is 23.0 Å². The van der Waals surface area contributed by atoms with Crippen molar-refractivity contribution >= 4 is 27.5 Å². The first-order valence-electron chi connectivity index (χ1n) is 9.00. The molecule has 6 nitrogen and oxygen atoms in total. The molecule has 0 bridgehead atoms. The molecular weight excluding hydrogens is 440 g/mol. The average molecular weight is 465 g/mol. The first-order valence-corrected chi connectivity index (χ1v) is 9.80. The van der Waals surface area contributed by atoms with E-state index in [-0.39, 0.29) is 11.6 Å². The largest absolute Gasteiger partial charge is 0.496 e. The van der Waals surface area contributed by atoms with E-state index in [0.29, 0.717) is 38.6 Å². The molecule has 0 saturated carbocycles. The zero-order valence-corrected chi connectivity index (χ0v) is 19.0. The third-order valence-electron chi connectivity index (χ3n) is 4.96. The van der Waals surface area contributed by atoms with Crippen LogP contribution in [0.1, 0.15) is 34.6 Å². The van der Waals surface area contributed by atoms with Gasteiger partial charge < -0.3 is 18.9 Å². The van der Waals surface area contributed by atoms with E-state index in [2.05, 4.69) is 15.9 Å². The number of benzene rings is 2. The number of rotatable bonds is 9. The molecule has 0 fully saturated rings. The van der Waals surface area contributed by atoms with E-state index in [4.69, 9.17) is 18.9 Å². The van der Waals surface area contributed by atoms with E-state index in [1.807, 2.05) is 0 Å². The SMILES string of the molecule is COc1ccc(C(=O)C(C)C(C)C(=O)c2cc(OC)c(OC)c(OC)c2)cc1Br.